The van der Waals surface area contributed by atoms with Gasteiger partial charge in [-0.05, 0) is 43.2 Å². The van der Waals surface area contributed by atoms with Crippen LogP contribution in [0.25, 0.3) is 0 Å². The molecule has 2 aromatic rings. The lowest BCUT2D eigenvalue weighted by Gasteiger charge is -2.15. The zero-order chi connectivity index (χ0) is 13.8. The molecule has 2 aromatic carbocycles. The van der Waals surface area contributed by atoms with E-state index in [1.165, 1.54) is 11.1 Å². The van der Waals surface area contributed by atoms with E-state index >= 15 is 0 Å². The van der Waals surface area contributed by atoms with Crippen molar-refractivity contribution < 1.29 is 0 Å². The minimum atomic E-state index is 0.273. The van der Waals surface area contributed by atoms with E-state index < -0.39 is 0 Å². The third-order valence-corrected chi connectivity index (χ3v) is 3.75. The second-order valence-corrected chi connectivity index (χ2v) is 5.60. The lowest BCUT2D eigenvalue weighted by molar-refractivity contribution is 0.574. The van der Waals surface area contributed by atoms with Gasteiger partial charge in [-0.3, -0.25) is 0 Å². The van der Waals surface area contributed by atoms with Gasteiger partial charge >= 0.3 is 0 Å². The molecule has 0 aliphatic heterocycles. The lowest BCUT2D eigenvalue weighted by Crippen LogP contribution is -2.18. The molecule has 0 spiro atoms. The molecule has 1 atom stereocenters. The second-order valence-electron chi connectivity index (χ2n) is 4.75. The Labute approximate surface area is 124 Å². The maximum Gasteiger partial charge on any atom is 0.0451 e. The topological polar surface area (TPSA) is 12.0 Å². The average Bonchev–Trinajstić information content (AvgIpc) is 2.39. The highest BCUT2D eigenvalue weighted by Gasteiger charge is 2.07. The molecule has 0 saturated carbocycles. The predicted octanol–water partition coefficient (Wildman–Crippen LogP) is 5.15. The van der Waals surface area contributed by atoms with E-state index in [0.717, 1.165) is 10.6 Å². The molecule has 0 aromatic heterocycles. The summed E-state index contributed by atoms with van der Waals surface area (Å²) in [5.41, 5.74) is 3.57. The Bertz CT molecular complexity index is 566. The molecule has 1 nitrogen and oxygen atoms in total. The van der Waals surface area contributed by atoms with E-state index in [1.54, 1.807) is 6.07 Å². The maximum atomic E-state index is 6.15. The Balaban J connectivity index is 2.04. The number of nitrogens with one attached hydrogen (secondary N) is 1. The van der Waals surface area contributed by atoms with Crippen LogP contribution >= 0.6 is 23.2 Å². The second kappa shape index (κ2) is 6.42. The van der Waals surface area contributed by atoms with Crippen LogP contribution in [0.15, 0.2) is 42.5 Å². The normalized spacial score (nSPS) is 12.4. The first-order chi connectivity index (χ1) is 9.06. The molecular formula is C16H17Cl2N. The van der Waals surface area contributed by atoms with E-state index in [2.05, 4.69) is 43.4 Å². The molecule has 100 valence electrons. The molecular weight excluding hydrogens is 277 g/mol. The van der Waals surface area contributed by atoms with Crippen LogP contribution in [0.1, 0.15) is 29.7 Å². The fraction of sp³-hybridized carbons (Fsp3) is 0.250. The first kappa shape index (κ1) is 14.4. The molecule has 0 saturated heterocycles. The van der Waals surface area contributed by atoms with Gasteiger partial charge in [0.15, 0.2) is 0 Å². The summed E-state index contributed by atoms with van der Waals surface area (Å²) in [4.78, 5) is 0. The van der Waals surface area contributed by atoms with Crippen LogP contribution in [0.3, 0.4) is 0 Å². The van der Waals surface area contributed by atoms with Crippen LogP contribution < -0.4 is 5.32 Å². The minimum Gasteiger partial charge on any atom is -0.306 e. The summed E-state index contributed by atoms with van der Waals surface area (Å²) in [6.07, 6.45) is 0. The smallest absolute Gasteiger partial charge is 0.0451 e. The first-order valence-electron chi connectivity index (χ1n) is 6.30. The van der Waals surface area contributed by atoms with Gasteiger partial charge < -0.3 is 5.32 Å². The van der Waals surface area contributed by atoms with Gasteiger partial charge in [-0.15, -0.1) is 0 Å². The Morgan fingerprint density at radius 2 is 1.89 bits per heavy atom. The van der Waals surface area contributed by atoms with Crippen molar-refractivity contribution in [2.75, 3.05) is 0 Å². The first-order valence-corrected chi connectivity index (χ1v) is 7.06. The van der Waals surface area contributed by atoms with E-state index in [-0.39, 0.29) is 6.04 Å². The van der Waals surface area contributed by atoms with E-state index in [9.17, 15) is 0 Å². The number of rotatable bonds is 4. The zero-order valence-electron chi connectivity index (χ0n) is 11.1. The molecule has 0 aliphatic carbocycles. The summed E-state index contributed by atoms with van der Waals surface area (Å²) in [6.45, 7) is 4.95. The fourth-order valence-corrected chi connectivity index (χ4v) is 2.38. The number of hydrogen-bond acceptors (Lipinski definition) is 1. The Kier molecular flexibility index (Phi) is 4.87. The molecule has 0 bridgehead atoms. The largest absolute Gasteiger partial charge is 0.306 e. The van der Waals surface area contributed by atoms with Crippen molar-refractivity contribution in [2.45, 2.75) is 26.4 Å². The zero-order valence-corrected chi connectivity index (χ0v) is 12.6. The SMILES string of the molecule is Cc1cccc([C@H](C)NCc2cc(Cl)ccc2Cl)c1. The number of halogens is 2. The van der Waals surface area contributed by atoms with E-state index in [1.807, 2.05) is 12.1 Å². The summed E-state index contributed by atoms with van der Waals surface area (Å²) in [5.74, 6) is 0. The number of benzene rings is 2. The van der Waals surface area contributed by atoms with Gasteiger partial charge in [-0.1, -0.05) is 53.0 Å². The van der Waals surface area contributed by atoms with Crippen LogP contribution in [-0.2, 0) is 6.54 Å². The standard InChI is InChI=1S/C16H17Cl2N/c1-11-4-3-5-13(8-11)12(2)19-10-14-9-15(17)6-7-16(14)18/h3-9,12,19H,10H2,1-2H3/t12-/m0/s1. The maximum absolute atomic E-state index is 6.15. The molecule has 0 amide bonds. The quantitative estimate of drug-likeness (QED) is 0.822. The van der Waals surface area contributed by atoms with Crippen molar-refractivity contribution >= 4 is 23.2 Å². The molecule has 19 heavy (non-hydrogen) atoms. The molecule has 0 aliphatic rings. The molecule has 1 N–H and O–H groups in total. The van der Waals surface area contributed by atoms with Crippen molar-refractivity contribution in [1.29, 1.82) is 0 Å². The molecule has 2 rings (SSSR count). The highest BCUT2D eigenvalue weighted by atomic mass is 35.5. The fourth-order valence-electron chi connectivity index (χ4n) is 2.00. The Morgan fingerprint density at radius 3 is 2.63 bits per heavy atom. The molecule has 0 heterocycles. The summed E-state index contributed by atoms with van der Waals surface area (Å²) in [5, 5.41) is 4.92. The van der Waals surface area contributed by atoms with Crippen LogP contribution in [0.2, 0.25) is 10.0 Å². The van der Waals surface area contributed by atoms with Crippen LogP contribution in [-0.4, -0.2) is 0 Å². The van der Waals surface area contributed by atoms with E-state index in [4.69, 9.17) is 23.2 Å². The van der Waals surface area contributed by atoms with Gasteiger partial charge in [0, 0.05) is 22.6 Å². The van der Waals surface area contributed by atoms with Crippen molar-refractivity contribution in [1.82, 2.24) is 5.32 Å². The van der Waals surface area contributed by atoms with Gasteiger partial charge in [0.1, 0.15) is 0 Å². The Hall–Kier alpha value is -1.02. The minimum absolute atomic E-state index is 0.273. The van der Waals surface area contributed by atoms with Crippen molar-refractivity contribution in [3.63, 3.8) is 0 Å². The van der Waals surface area contributed by atoms with Gasteiger partial charge in [-0.2, -0.15) is 0 Å². The number of aryl methyl sites for hydroxylation is 1. The third-order valence-electron chi connectivity index (χ3n) is 3.15. The summed E-state index contributed by atoms with van der Waals surface area (Å²) in [7, 11) is 0. The van der Waals surface area contributed by atoms with Crippen molar-refractivity contribution in [3.05, 3.63) is 69.2 Å². The lowest BCUT2D eigenvalue weighted by atomic mass is 10.1. The third kappa shape index (κ3) is 3.97. The van der Waals surface area contributed by atoms with Gasteiger partial charge in [0.2, 0.25) is 0 Å². The molecule has 0 unspecified atom stereocenters. The Morgan fingerprint density at radius 1 is 1.11 bits per heavy atom. The van der Waals surface area contributed by atoms with Crippen LogP contribution in [0.5, 0.6) is 0 Å². The highest BCUT2D eigenvalue weighted by molar-refractivity contribution is 6.33. The van der Waals surface area contributed by atoms with Gasteiger partial charge in [-0.25, -0.2) is 0 Å². The van der Waals surface area contributed by atoms with Crippen molar-refractivity contribution in [2.24, 2.45) is 0 Å². The summed E-state index contributed by atoms with van der Waals surface area (Å²) < 4.78 is 0. The molecule has 0 radical (unpaired) electrons. The number of hydrogen-bond donors (Lipinski definition) is 1. The van der Waals surface area contributed by atoms with E-state index in [0.29, 0.717) is 11.6 Å². The predicted molar refractivity (Wildman–Crippen MR) is 82.9 cm³/mol. The van der Waals surface area contributed by atoms with Gasteiger partial charge in [0.25, 0.3) is 0 Å². The monoisotopic (exact) mass is 293 g/mol. The summed E-state index contributed by atoms with van der Waals surface area (Å²) in [6, 6.07) is 14.3. The highest BCUT2D eigenvalue weighted by Crippen LogP contribution is 2.22. The average molecular weight is 294 g/mol. The molecule has 3 heteroatoms. The summed E-state index contributed by atoms with van der Waals surface area (Å²) >= 11 is 12.1. The van der Waals surface area contributed by atoms with Crippen molar-refractivity contribution in [3.8, 4) is 0 Å². The van der Waals surface area contributed by atoms with Gasteiger partial charge in [0.05, 0.1) is 0 Å². The molecule has 0 fully saturated rings. The van der Waals surface area contributed by atoms with Crippen LogP contribution in [0, 0.1) is 6.92 Å². The van der Waals surface area contributed by atoms with Crippen LogP contribution in [0.4, 0.5) is 0 Å².